The molecule has 2 rings (SSSR count). The van der Waals surface area contributed by atoms with Crippen molar-refractivity contribution in [2.75, 3.05) is 32.8 Å². The molecule has 1 atom stereocenters. The molecule has 0 aliphatic carbocycles. The van der Waals surface area contributed by atoms with E-state index in [-0.39, 0.29) is 0 Å². The fraction of sp³-hybridized carbons (Fsp3) is 1.00. The third kappa shape index (κ3) is 2.65. The van der Waals surface area contributed by atoms with Crippen LogP contribution in [0.5, 0.6) is 0 Å². The van der Waals surface area contributed by atoms with Crippen LogP contribution >= 0.6 is 0 Å². The fourth-order valence-corrected chi connectivity index (χ4v) is 2.07. The van der Waals surface area contributed by atoms with Crippen molar-refractivity contribution in [3.8, 4) is 0 Å². The first-order valence-electron chi connectivity index (χ1n) is 5.49. The first-order chi connectivity index (χ1) is 6.79. The van der Waals surface area contributed by atoms with Gasteiger partial charge in [0.25, 0.3) is 0 Å². The summed E-state index contributed by atoms with van der Waals surface area (Å²) in [6.07, 6.45) is 2.29. The standard InChI is InChI=1S/C10H19FN2O/c11-10(2-4-12-5-3-10)8-13-9-1-6-14-7-9/h9,12-13H,1-8H2. The zero-order valence-corrected chi connectivity index (χ0v) is 8.52. The van der Waals surface area contributed by atoms with E-state index in [0.29, 0.717) is 25.4 Å². The molecule has 0 bridgehead atoms. The van der Waals surface area contributed by atoms with Crippen LogP contribution in [0.15, 0.2) is 0 Å². The first kappa shape index (κ1) is 10.3. The Hall–Kier alpha value is -0.190. The lowest BCUT2D eigenvalue weighted by molar-refractivity contribution is 0.107. The fourth-order valence-electron chi connectivity index (χ4n) is 2.07. The van der Waals surface area contributed by atoms with Crippen molar-refractivity contribution < 1.29 is 9.13 Å². The molecular formula is C10H19FN2O. The van der Waals surface area contributed by atoms with Gasteiger partial charge in [0.2, 0.25) is 0 Å². The molecular weight excluding hydrogens is 183 g/mol. The summed E-state index contributed by atoms with van der Waals surface area (Å²) in [5.41, 5.74) is -0.992. The lowest BCUT2D eigenvalue weighted by Gasteiger charge is -2.31. The average Bonchev–Trinajstić information content (AvgIpc) is 2.69. The van der Waals surface area contributed by atoms with Gasteiger partial charge in [0.05, 0.1) is 6.61 Å². The maximum atomic E-state index is 14.1. The lowest BCUT2D eigenvalue weighted by atomic mass is 9.94. The van der Waals surface area contributed by atoms with Gasteiger partial charge in [-0.3, -0.25) is 0 Å². The summed E-state index contributed by atoms with van der Waals surface area (Å²) < 4.78 is 19.3. The Morgan fingerprint density at radius 1 is 1.43 bits per heavy atom. The molecule has 4 heteroatoms. The van der Waals surface area contributed by atoms with Gasteiger partial charge in [-0.15, -0.1) is 0 Å². The van der Waals surface area contributed by atoms with Gasteiger partial charge in [0, 0.05) is 19.2 Å². The van der Waals surface area contributed by atoms with Crippen molar-refractivity contribution in [3.63, 3.8) is 0 Å². The van der Waals surface area contributed by atoms with Gasteiger partial charge in [-0.2, -0.15) is 0 Å². The molecule has 0 saturated carbocycles. The summed E-state index contributed by atoms with van der Waals surface area (Å²) in [6.45, 7) is 3.66. The quantitative estimate of drug-likeness (QED) is 0.697. The highest BCUT2D eigenvalue weighted by Crippen LogP contribution is 2.22. The van der Waals surface area contributed by atoms with Crippen LogP contribution in [0.2, 0.25) is 0 Å². The van der Waals surface area contributed by atoms with Gasteiger partial charge < -0.3 is 15.4 Å². The summed E-state index contributed by atoms with van der Waals surface area (Å²) in [6, 6.07) is 0.373. The Bertz CT molecular complexity index is 177. The van der Waals surface area contributed by atoms with Crippen LogP contribution in [-0.2, 0) is 4.74 Å². The number of hydrogen-bond acceptors (Lipinski definition) is 3. The van der Waals surface area contributed by atoms with E-state index in [1.165, 1.54) is 0 Å². The van der Waals surface area contributed by atoms with Gasteiger partial charge in [0.1, 0.15) is 5.67 Å². The van der Waals surface area contributed by atoms with E-state index in [2.05, 4.69) is 10.6 Å². The number of rotatable bonds is 3. The van der Waals surface area contributed by atoms with Crippen LogP contribution in [0.25, 0.3) is 0 Å². The Labute approximate surface area is 84.4 Å². The van der Waals surface area contributed by atoms with Crippen LogP contribution in [-0.4, -0.2) is 44.6 Å². The van der Waals surface area contributed by atoms with Crippen molar-refractivity contribution in [3.05, 3.63) is 0 Å². The molecule has 0 radical (unpaired) electrons. The van der Waals surface area contributed by atoms with Crippen LogP contribution < -0.4 is 10.6 Å². The molecule has 0 aromatic carbocycles. The molecule has 3 nitrogen and oxygen atoms in total. The third-order valence-electron chi connectivity index (χ3n) is 3.14. The van der Waals surface area contributed by atoms with E-state index in [9.17, 15) is 4.39 Å². The molecule has 2 N–H and O–H groups in total. The minimum Gasteiger partial charge on any atom is -0.380 e. The number of alkyl halides is 1. The zero-order chi connectivity index (χ0) is 9.86. The molecule has 14 heavy (non-hydrogen) atoms. The highest BCUT2D eigenvalue weighted by molar-refractivity contribution is 4.88. The summed E-state index contributed by atoms with van der Waals surface area (Å²) in [7, 11) is 0. The average molecular weight is 202 g/mol. The van der Waals surface area contributed by atoms with Crippen molar-refractivity contribution >= 4 is 0 Å². The molecule has 1 unspecified atom stereocenters. The Kier molecular flexibility index (Phi) is 3.36. The minimum absolute atomic E-state index is 0.373. The topological polar surface area (TPSA) is 33.3 Å². The Balaban J connectivity index is 1.72. The van der Waals surface area contributed by atoms with E-state index in [0.717, 1.165) is 32.7 Å². The largest absolute Gasteiger partial charge is 0.380 e. The first-order valence-corrected chi connectivity index (χ1v) is 5.49. The molecule has 0 spiro atoms. The molecule has 2 aliphatic heterocycles. The van der Waals surface area contributed by atoms with E-state index in [1.807, 2.05) is 0 Å². The monoisotopic (exact) mass is 202 g/mol. The van der Waals surface area contributed by atoms with Gasteiger partial charge in [-0.1, -0.05) is 0 Å². The van der Waals surface area contributed by atoms with E-state index >= 15 is 0 Å². The van der Waals surface area contributed by atoms with Crippen LogP contribution in [0.4, 0.5) is 4.39 Å². The molecule has 2 heterocycles. The van der Waals surface area contributed by atoms with Crippen LogP contribution in [0.1, 0.15) is 19.3 Å². The predicted molar refractivity (Wildman–Crippen MR) is 53.2 cm³/mol. The zero-order valence-electron chi connectivity index (χ0n) is 8.52. The SMILES string of the molecule is FC1(CNC2CCOC2)CCNCC1. The normalized spacial score (nSPS) is 31.9. The van der Waals surface area contributed by atoms with Crippen molar-refractivity contribution in [2.24, 2.45) is 0 Å². The molecule has 2 fully saturated rings. The summed E-state index contributed by atoms with van der Waals surface area (Å²) in [5, 5.41) is 6.44. The van der Waals surface area contributed by atoms with Gasteiger partial charge in [0.15, 0.2) is 0 Å². The second kappa shape index (κ2) is 4.55. The van der Waals surface area contributed by atoms with Crippen LogP contribution in [0.3, 0.4) is 0 Å². The summed E-state index contributed by atoms with van der Waals surface area (Å²) in [5.74, 6) is 0. The minimum atomic E-state index is -0.992. The van der Waals surface area contributed by atoms with E-state index in [4.69, 9.17) is 4.74 Å². The molecule has 0 amide bonds. The summed E-state index contributed by atoms with van der Waals surface area (Å²) >= 11 is 0. The third-order valence-corrected chi connectivity index (χ3v) is 3.14. The van der Waals surface area contributed by atoms with E-state index < -0.39 is 5.67 Å². The second-order valence-corrected chi connectivity index (χ2v) is 4.34. The highest BCUT2D eigenvalue weighted by Gasteiger charge is 2.32. The maximum Gasteiger partial charge on any atom is 0.125 e. The summed E-state index contributed by atoms with van der Waals surface area (Å²) in [4.78, 5) is 0. The molecule has 0 aromatic heterocycles. The maximum absolute atomic E-state index is 14.1. The number of nitrogens with one attached hydrogen (secondary N) is 2. The number of halogens is 1. The van der Waals surface area contributed by atoms with Gasteiger partial charge in [-0.05, 0) is 32.4 Å². The van der Waals surface area contributed by atoms with Crippen LogP contribution in [0, 0.1) is 0 Å². The van der Waals surface area contributed by atoms with Crippen molar-refractivity contribution in [2.45, 2.75) is 31.0 Å². The molecule has 2 saturated heterocycles. The number of ether oxygens (including phenoxy) is 1. The lowest BCUT2D eigenvalue weighted by Crippen LogP contribution is -2.47. The predicted octanol–water partition coefficient (Wildman–Crippen LogP) is 0.457. The number of hydrogen-bond donors (Lipinski definition) is 2. The Morgan fingerprint density at radius 2 is 2.21 bits per heavy atom. The second-order valence-electron chi connectivity index (χ2n) is 4.34. The smallest absolute Gasteiger partial charge is 0.125 e. The molecule has 82 valence electrons. The molecule has 2 aliphatic rings. The highest BCUT2D eigenvalue weighted by atomic mass is 19.1. The Morgan fingerprint density at radius 3 is 2.86 bits per heavy atom. The van der Waals surface area contributed by atoms with Gasteiger partial charge >= 0.3 is 0 Å². The van der Waals surface area contributed by atoms with Crippen molar-refractivity contribution in [1.82, 2.24) is 10.6 Å². The van der Waals surface area contributed by atoms with Crippen molar-refractivity contribution in [1.29, 1.82) is 0 Å². The molecule has 0 aromatic rings. The number of piperidine rings is 1. The van der Waals surface area contributed by atoms with E-state index in [1.54, 1.807) is 0 Å². The van der Waals surface area contributed by atoms with Gasteiger partial charge in [-0.25, -0.2) is 4.39 Å².